The van der Waals surface area contributed by atoms with E-state index in [4.69, 9.17) is 0 Å². The van der Waals surface area contributed by atoms with Crippen LogP contribution >= 0.6 is 11.3 Å². The molecule has 0 aliphatic rings. The number of halogens is 2. The molecule has 4 nitrogen and oxygen atoms in total. The van der Waals surface area contributed by atoms with Gasteiger partial charge in [0.15, 0.2) is 16.8 Å². The van der Waals surface area contributed by atoms with Crippen LogP contribution in [0.5, 0.6) is 0 Å². The summed E-state index contributed by atoms with van der Waals surface area (Å²) in [7, 11) is 0. The van der Waals surface area contributed by atoms with Gasteiger partial charge in [-0.05, 0) is 26.0 Å². The van der Waals surface area contributed by atoms with Gasteiger partial charge in [0.2, 0.25) is 5.91 Å². The Hall–Kier alpha value is -2.02. The number of thiazole rings is 1. The first-order valence-corrected chi connectivity index (χ1v) is 6.70. The number of rotatable bonds is 4. The third-order valence-corrected chi connectivity index (χ3v) is 3.64. The number of aryl methyl sites for hydroxylation is 2. The van der Waals surface area contributed by atoms with Crippen molar-refractivity contribution in [2.75, 3.05) is 17.2 Å². The molecule has 0 spiro atoms. The summed E-state index contributed by atoms with van der Waals surface area (Å²) >= 11 is 1.39. The number of carbonyl (C=O) groups is 1. The summed E-state index contributed by atoms with van der Waals surface area (Å²) in [4.78, 5) is 16.9. The number of nitrogens with zero attached hydrogens (tertiary/aromatic N) is 1. The summed E-state index contributed by atoms with van der Waals surface area (Å²) < 4.78 is 25.7. The molecule has 20 heavy (non-hydrogen) atoms. The SMILES string of the molecule is Cc1nc(NC(=O)CNc2ccc(F)c(F)c2)sc1C. The second-order valence-electron chi connectivity index (χ2n) is 4.19. The van der Waals surface area contributed by atoms with Crippen molar-refractivity contribution in [1.29, 1.82) is 0 Å². The molecule has 1 heterocycles. The van der Waals surface area contributed by atoms with E-state index in [-0.39, 0.29) is 12.5 Å². The minimum Gasteiger partial charge on any atom is -0.376 e. The Kier molecular flexibility index (Phi) is 4.29. The average molecular weight is 297 g/mol. The van der Waals surface area contributed by atoms with Crippen molar-refractivity contribution in [2.45, 2.75) is 13.8 Å². The fourth-order valence-corrected chi connectivity index (χ4v) is 2.31. The molecule has 106 valence electrons. The fraction of sp³-hybridized carbons (Fsp3) is 0.231. The molecule has 1 aromatic carbocycles. The molecule has 0 atom stereocenters. The zero-order valence-corrected chi connectivity index (χ0v) is 11.8. The zero-order chi connectivity index (χ0) is 14.7. The molecule has 0 bridgehead atoms. The predicted octanol–water partition coefficient (Wildman–Crippen LogP) is 3.09. The third kappa shape index (κ3) is 3.51. The number of benzene rings is 1. The number of nitrogens with one attached hydrogen (secondary N) is 2. The van der Waals surface area contributed by atoms with Crippen LogP contribution in [0.2, 0.25) is 0 Å². The summed E-state index contributed by atoms with van der Waals surface area (Å²) in [5.74, 6) is -2.18. The van der Waals surface area contributed by atoms with Gasteiger partial charge in [0.25, 0.3) is 0 Å². The van der Waals surface area contributed by atoms with Crippen molar-refractivity contribution in [2.24, 2.45) is 0 Å². The lowest BCUT2D eigenvalue weighted by Gasteiger charge is -2.06. The van der Waals surface area contributed by atoms with Gasteiger partial charge in [-0.1, -0.05) is 0 Å². The van der Waals surface area contributed by atoms with Crippen LogP contribution in [-0.4, -0.2) is 17.4 Å². The van der Waals surface area contributed by atoms with E-state index in [2.05, 4.69) is 15.6 Å². The van der Waals surface area contributed by atoms with Crippen molar-refractivity contribution in [3.8, 4) is 0 Å². The highest BCUT2D eigenvalue weighted by atomic mass is 32.1. The molecule has 0 fully saturated rings. The highest BCUT2D eigenvalue weighted by molar-refractivity contribution is 7.15. The molecule has 2 aromatic rings. The summed E-state index contributed by atoms with van der Waals surface area (Å²) in [6.45, 7) is 3.73. The number of amides is 1. The first-order valence-electron chi connectivity index (χ1n) is 5.88. The third-order valence-electron chi connectivity index (χ3n) is 2.65. The predicted molar refractivity (Wildman–Crippen MR) is 75.1 cm³/mol. The standard InChI is InChI=1S/C13H13F2N3OS/c1-7-8(2)20-13(17-7)18-12(19)6-16-9-3-4-10(14)11(15)5-9/h3-5,16H,6H2,1-2H3,(H,17,18,19). The van der Waals surface area contributed by atoms with E-state index in [1.165, 1.54) is 17.4 Å². The largest absolute Gasteiger partial charge is 0.376 e. The van der Waals surface area contributed by atoms with E-state index in [0.717, 1.165) is 22.7 Å². The molecular weight excluding hydrogens is 284 g/mol. The second-order valence-corrected chi connectivity index (χ2v) is 5.39. The fourth-order valence-electron chi connectivity index (χ4n) is 1.48. The maximum absolute atomic E-state index is 13.0. The van der Waals surface area contributed by atoms with Crippen molar-refractivity contribution in [1.82, 2.24) is 4.98 Å². The van der Waals surface area contributed by atoms with E-state index in [9.17, 15) is 13.6 Å². The molecule has 0 aliphatic carbocycles. The van der Waals surface area contributed by atoms with Crippen molar-refractivity contribution < 1.29 is 13.6 Å². The lowest BCUT2D eigenvalue weighted by atomic mass is 10.3. The van der Waals surface area contributed by atoms with E-state index >= 15 is 0 Å². The number of carbonyl (C=O) groups excluding carboxylic acids is 1. The molecule has 0 saturated heterocycles. The molecule has 0 unspecified atom stereocenters. The van der Waals surface area contributed by atoms with E-state index in [1.807, 2.05) is 13.8 Å². The Bertz CT molecular complexity index is 623. The molecule has 0 aliphatic heterocycles. The minimum atomic E-state index is -0.957. The van der Waals surface area contributed by atoms with Gasteiger partial charge in [0, 0.05) is 16.6 Å². The monoisotopic (exact) mass is 297 g/mol. The van der Waals surface area contributed by atoms with Crippen LogP contribution < -0.4 is 10.6 Å². The molecule has 2 N–H and O–H groups in total. The van der Waals surface area contributed by atoms with Crippen LogP contribution in [0.1, 0.15) is 10.6 Å². The van der Waals surface area contributed by atoms with Gasteiger partial charge in [0.05, 0.1) is 12.2 Å². The molecule has 1 aromatic heterocycles. The Morgan fingerprint density at radius 3 is 2.65 bits per heavy atom. The summed E-state index contributed by atoms with van der Waals surface area (Å²) in [6, 6.07) is 3.37. The van der Waals surface area contributed by atoms with E-state index < -0.39 is 11.6 Å². The smallest absolute Gasteiger partial charge is 0.245 e. The molecule has 7 heteroatoms. The van der Waals surface area contributed by atoms with Gasteiger partial charge in [-0.3, -0.25) is 4.79 Å². The van der Waals surface area contributed by atoms with Gasteiger partial charge in [-0.15, -0.1) is 11.3 Å². The molecule has 1 amide bonds. The van der Waals surface area contributed by atoms with Gasteiger partial charge in [-0.2, -0.15) is 0 Å². The first-order chi connectivity index (χ1) is 9.45. The Balaban J connectivity index is 1.90. The molecule has 0 radical (unpaired) electrons. The van der Waals surface area contributed by atoms with Crippen molar-refractivity contribution >= 4 is 28.1 Å². The lowest BCUT2D eigenvalue weighted by molar-refractivity contribution is -0.114. The topological polar surface area (TPSA) is 54.0 Å². The summed E-state index contributed by atoms with van der Waals surface area (Å²) in [5, 5.41) is 5.88. The second kappa shape index (κ2) is 5.96. The molecule has 2 rings (SSSR count). The lowest BCUT2D eigenvalue weighted by Crippen LogP contribution is -2.21. The van der Waals surface area contributed by atoms with E-state index in [1.54, 1.807) is 0 Å². The van der Waals surface area contributed by atoms with Crippen LogP contribution in [-0.2, 0) is 4.79 Å². The van der Waals surface area contributed by atoms with Crippen molar-refractivity contribution in [3.63, 3.8) is 0 Å². The average Bonchev–Trinajstić information content (AvgIpc) is 2.70. The zero-order valence-electron chi connectivity index (χ0n) is 11.0. The Morgan fingerprint density at radius 2 is 2.05 bits per heavy atom. The maximum Gasteiger partial charge on any atom is 0.245 e. The van der Waals surface area contributed by atoms with Gasteiger partial charge in [-0.25, -0.2) is 13.8 Å². The Morgan fingerprint density at radius 1 is 1.30 bits per heavy atom. The number of hydrogen-bond acceptors (Lipinski definition) is 4. The molecule has 0 saturated carbocycles. The maximum atomic E-state index is 13.0. The van der Waals surface area contributed by atoms with Crippen LogP contribution in [0.15, 0.2) is 18.2 Å². The summed E-state index contributed by atoms with van der Waals surface area (Å²) in [6.07, 6.45) is 0. The van der Waals surface area contributed by atoms with Crippen LogP contribution in [0.25, 0.3) is 0 Å². The first kappa shape index (κ1) is 14.4. The van der Waals surface area contributed by atoms with Gasteiger partial charge < -0.3 is 10.6 Å². The quantitative estimate of drug-likeness (QED) is 0.912. The van der Waals surface area contributed by atoms with Crippen LogP contribution in [0.3, 0.4) is 0 Å². The molecular formula is C13H13F2N3OS. The highest BCUT2D eigenvalue weighted by Gasteiger charge is 2.08. The minimum absolute atomic E-state index is 0.0528. The van der Waals surface area contributed by atoms with Crippen molar-refractivity contribution in [3.05, 3.63) is 40.4 Å². The number of hydrogen-bond donors (Lipinski definition) is 2. The normalized spacial score (nSPS) is 10.4. The Labute approximate surface area is 118 Å². The van der Waals surface area contributed by atoms with Crippen LogP contribution in [0.4, 0.5) is 19.6 Å². The van der Waals surface area contributed by atoms with Gasteiger partial charge >= 0.3 is 0 Å². The summed E-state index contributed by atoms with van der Waals surface area (Å²) in [5.41, 5.74) is 1.21. The highest BCUT2D eigenvalue weighted by Crippen LogP contribution is 2.21. The van der Waals surface area contributed by atoms with E-state index in [0.29, 0.717) is 10.8 Å². The van der Waals surface area contributed by atoms with Crippen LogP contribution in [0, 0.1) is 25.5 Å². The van der Waals surface area contributed by atoms with Gasteiger partial charge in [0.1, 0.15) is 0 Å². The number of anilines is 2. The number of aromatic nitrogens is 1.